The highest BCUT2D eigenvalue weighted by atomic mass is 79.9. The van der Waals surface area contributed by atoms with Gasteiger partial charge in [-0.25, -0.2) is 13.4 Å². The number of nitrogens with one attached hydrogen (secondary N) is 1. The van der Waals surface area contributed by atoms with Crippen LogP contribution in [-0.4, -0.2) is 31.4 Å². The molecule has 0 spiro atoms. The highest BCUT2D eigenvalue weighted by molar-refractivity contribution is 9.10. The standard InChI is InChI=1S/C13H9BrN2O5S2.ClH/c14-10-7-6-9-11(23(19,20)21)13(16-12(9)15-10)22(17,18)8-4-2-1-3-5-8;/h1-7H,(H,15,16)(H,19,20,21);1H. The summed E-state index contributed by atoms with van der Waals surface area (Å²) in [4.78, 5) is 5.67. The molecule has 0 saturated carbocycles. The van der Waals surface area contributed by atoms with Crippen LogP contribution in [0.5, 0.6) is 0 Å². The lowest BCUT2D eigenvalue weighted by molar-refractivity contribution is 0.480. The lowest BCUT2D eigenvalue weighted by Crippen LogP contribution is -2.08. The minimum Gasteiger partial charge on any atom is -0.329 e. The second-order valence-corrected chi connectivity index (χ2v) is 8.66. The fourth-order valence-corrected chi connectivity index (χ4v) is 5.18. The van der Waals surface area contributed by atoms with Gasteiger partial charge in [0.1, 0.15) is 15.1 Å². The first-order valence-electron chi connectivity index (χ1n) is 6.17. The fraction of sp³-hybridized carbons (Fsp3) is 0. The molecule has 0 bridgehead atoms. The van der Waals surface area contributed by atoms with E-state index in [2.05, 4.69) is 25.9 Å². The number of H-pyrrole nitrogens is 1. The van der Waals surface area contributed by atoms with E-state index in [1.807, 2.05) is 0 Å². The molecule has 0 atom stereocenters. The van der Waals surface area contributed by atoms with Crippen molar-refractivity contribution in [2.75, 3.05) is 0 Å². The average molecular weight is 454 g/mol. The fourth-order valence-electron chi connectivity index (χ4n) is 2.16. The van der Waals surface area contributed by atoms with Gasteiger partial charge in [-0.05, 0) is 40.2 Å². The Kier molecular flexibility index (Phi) is 5.07. The van der Waals surface area contributed by atoms with Gasteiger partial charge in [-0.3, -0.25) is 4.55 Å². The zero-order valence-corrected chi connectivity index (χ0v) is 15.7. The number of pyridine rings is 1. The molecule has 0 aliphatic carbocycles. The number of aromatic nitrogens is 2. The van der Waals surface area contributed by atoms with E-state index in [0.717, 1.165) is 0 Å². The van der Waals surface area contributed by atoms with Gasteiger partial charge in [0.15, 0.2) is 5.03 Å². The van der Waals surface area contributed by atoms with Gasteiger partial charge in [0.05, 0.1) is 4.90 Å². The Balaban J connectivity index is 0.00000208. The molecular weight excluding hydrogens is 444 g/mol. The molecule has 0 radical (unpaired) electrons. The van der Waals surface area contributed by atoms with Crippen LogP contribution in [0.4, 0.5) is 0 Å². The molecule has 0 aliphatic rings. The molecule has 0 unspecified atom stereocenters. The average Bonchev–Trinajstić information content (AvgIpc) is 2.87. The Hall–Kier alpha value is -1.46. The molecule has 0 fully saturated rings. The Morgan fingerprint density at radius 1 is 1.00 bits per heavy atom. The summed E-state index contributed by atoms with van der Waals surface area (Å²) >= 11 is 3.12. The first-order chi connectivity index (χ1) is 10.7. The van der Waals surface area contributed by atoms with Crippen LogP contribution in [0.2, 0.25) is 0 Å². The number of nitrogens with zero attached hydrogens (tertiary/aromatic N) is 1. The molecule has 11 heteroatoms. The predicted molar refractivity (Wildman–Crippen MR) is 92.8 cm³/mol. The van der Waals surface area contributed by atoms with Crippen molar-refractivity contribution < 1.29 is 21.4 Å². The number of hydrogen-bond donors (Lipinski definition) is 2. The third-order valence-corrected chi connectivity index (χ3v) is 6.37. The molecule has 0 saturated heterocycles. The van der Waals surface area contributed by atoms with E-state index >= 15 is 0 Å². The number of aromatic amines is 1. The van der Waals surface area contributed by atoms with Crippen molar-refractivity contribution >= 4 is 59.3 Å². The zero-order chi connectivity index (χ0) is 16.8. The number of rotatable bonds is 3. The third kappa shape index (κ3) is 3.20. The molecule has 3 rings (SSSR count). The maximum Gasteiger partial charge on any atom is 0.298 e. The SMILES string of the molecule is Cl.O=S(=O)(O)c1c(S(=O)(=O)c2ccccc2)[nH]c2nc(Br)ccc12. The maximum atomic E-state index is 12.7. The van der Waals surface area contributed by atoms with Crippen LogP contribution in [0, 0.1) is 0 Å². The number of halogens is 2. The molecule has 0 aliphatic heterocycles. The van der Waals surface area contributed by atoms with Crippen molar-refractivity contribution in [1.29, 1.82) is 0 Å². The van der Waals surface area contributed by atoms with Crippen LogP contribution >= 0.6 is 28.3 Å². The summed E-state index contributed by atoms with van der Waals surface area (Å²) in [6.45, 7) is 0. The monoisotopic (exact) mass is 452 g/mol. The lowest BCUT2D eigenvalue weighted by Gasteiger charge is -2.04. The summed E-state index contributed by atoms with van der Waals surface area (Å²) in [5.74, 6) is 0. The Morgan fingerprint density at radius 3 is 2.21 bits per heavy atom. The van der Waals surface area contributed by atoms with Crippen LogP contribution < -0.4 is 0 Å². The molecule has 2 N–H and O–H groups in total. The van der Waals surface area contributed by atoms with Crippen molar-refractivity contribution in [3.8, 4) is 0 Å². The summed E-state index contributed by atoms with van der Waals surface area (Å²) in [6, 6.07) is 10.1. The second kappa shape index (κ2) is 6.45. The topological polar surface area (TPSA) is 117 Å². The predicted octanol–water partition coefficient (Wildman–Crippen LogP) is 2.83. The smallest absolute Gasteiger partial charge is 0.298 e. The van der Waals surface area contributed by atoms with Crippen LogP contribution in [0.25, 0.3) is 11.0 Å². The molecule has 24 heavy (non-hydrogen) atoms. The summed E-state index contributed by atoms with van der Waals surface area (Å²) < 4.78 is 58.7. The molecule has 2 aromatic heterocycles. The Bertz CT molecular complexity index is 1110. The highest BCUT2D eigenvalue weighted by Gasteiger charge is 2.32. The number of sulfone groups is 1. The van der Waals surface area contributed by atoms with Crippen molar-refractivity contribution in [3.05, 3.63) is 47.1 Å². The van der Waals surface area contributed by atoms with Crippen molar-refractivity contribution in [2.45, 2.75) is 14.8 Å². The summed E-state index contributed by atoms with van der Waals surface area (Å²) in [6.07, 6.45) is 0. The van der Waals surface area contributed by atoms with Gasteiger partial charge in [0.25, 0.3) is 10.1 Å². The van der Waals surface area contributed by atoms with E-state index < -0.39 is 29.9 Å². The maximum absolute atomic E-state index is 12.7. The molecule has 7 nitrogen and oxygen atoms in total. The zero-order valence-electron chi connectivity index (χ0n) is 11.7. The molecule has 1 aromatic carbocycles. The number of benzene rings is 1. The van der Waals surface area contributed by atoms with Crippen LogP contribution in [-0.2, 0) is 20.0 Å². The Morgan fingerprint density at radius 2 is 1.62 bits per heavy atom. The lowest BCUT2D eigenvalue weighted by atomic mass is 10.3. The van der Waals surface area contributed by atoms with Crippen LogP contribution in [0.3, 0.4) is 0 Å². The van der Waals surface area contributed by atoms with Gasteiger partial charge in [0.2, 0.25) is 9.84 Å². The van der Waals surface area contributed by atoms with E-state index in [9.17, 15) is 21.4 Å². The van der Waals surface area contributed by atoms with Crippen LogP contribution in [0.15, 0.2) is 61.9 Å². The quantitative estimate of drug-likeness (QED) is 0.465. The largest absolute Gasteiger partial charge is 0.329 e. The molecule has 128 valence electrons. The van der Waals surface area contributed by atoms with Gasteiger partial charge in [-0.1, -0.05) is 18.2 Å². The second-order valence-electron chi connectivity index (χ2n) is 4.60. The third-order valence-electron chi connectivity index (χ3n) is 3.12. The molecule has 3 aromatic rings. The van der Waals surface area contributed by atoms with Gasteiger partial charge in [-0.15, -0.1) is 12.4 Å². The van der Waals surface area contributed by atoms with Crippen molar-refractivity contribution in [1.82, 2.24) is 9.97 Å². The molecular formula is C13H10BrClN2O5S2. The van der Waals surface area contributed by atoms with Gasteiger partial charge in [0, 0.05) is 5.39 Å². The summed E-state index contributed by atoms with van der Waals surface area (Å²) in [5, 5.41) is -0.628. The normalized spacial score (nSPS) is 12.1. The van der Waals surface area contributed by atoms with Gasteiger partial charge >= 0.3 is 0 Å². The van der Waals surface area contributed by atoms with E-state index in [4.69, 9.17) is 0 Å². The first-order valence-corrected chi connectivity index (χ1v) is 9.89. The van der Waals surface area contributed by atoms with Gasteiger partial charge in [-0.2, -0.15) is 8.42 Å². The summed E-state index contributed by atoms with van der Waals surface area (Å²) in [7, 11) is -8.96. The van der Waals surface area contributed by atoms with E-state index in [-0.39, 0.29) is 28.3 Å². The van der Waals surface area contributed by atoms with Gasteiger partial charge < -0.3 is 4.98 Å². The molecule has 0 amide bonds. The van der Waals surface area contributed by atoms with E-state index in [1.54, 1.807) is 6.07 Å². The minimum atomic E-state index is -4.79. The number of fused-ring (bicyclic) bond motifs is 1. The van der Waals surface area contributed by atoms with E-state index in [0.29, 0.717) is 4.60 Å². The van der Waals surface area contributed by atoms with Crippen molar-refractivity contribution in [3.63, 3.8) is 0 Å². The van der Waals surface area contributed by atoms with Crippen LogP contribution in [0.1, 0.15) is 0 Å². The number of hydrogen-bond acceptors (Lipinski definition) is 5. The molecule has 2 heterocycles. The first kappa shape index (κ1) is 18.9. The van der Waals surface area contributed by atoms with Crippen molar-refractivity contribution in [2.24, 2.45) is 0 Å². The highest BCUT2D eigenvalue weighted by Crippen LogP contribution is 2.33. The Labute approximate surface area is 152 Å². The van der Waals surface area contributed by atoms with E-state index in [1.165, 1.54) is 36.4 Å². The summed E-state index contributed by atoms with van der Waals surface area (Å²) in [5.41, 5.74) is 0.0292. The minimum absolute atomic E-state index is 0.